The molecular formula is C15H24N4O. The number of aryl methyl sites for hydroxylation is 2. The molecule has 0 saturated carbocycles. The van der Waals surface area contributed by atoms with Crippen LogP contribution >= 0.6 is 0 Å². The number of oxime groups is 1. The molecule has 0 spiro atoms. The Bertz CT molecular complexity index is 511. The molecule has 1 aromatic heterocycles. The van der Waals surface area contributed by atoms with Crippen LogP contribution in [0, 0.1) is 0 Å². The number of hydrogen-bond donors (Lipinski definition) is 2. The lowest BCUT2D eigenvalue weighted by Gasteiger charge is -2.30. The average Bonchev–Trinajstić information content (AvgIpc) is 2.46. The van der Waals surface area contributed by atoms with Crippen molar-refractivity contribution < 1.29 is 5.21 Å². The number of anilines is 1. The van der Waals surface area contributed by atoms with Gasteiger partial charge in [-0.05, 0) is 58.1 Å². The Hall–Kier alpha value is -1.78. The average molecular weight is 276 g/mol. The first-order valence-electron chi connectivity index (χ1n) is 7.35. The summed E-state index contributed by atoms with van der Waals surface area (Å²) in [5.74, 6) is 0.971. The maximum Gasteiger partial charge on any atom is 0.173 e. The molecule has 5 nitrogen and oxygen atoms in total. The number of rotatable bonds is 4. The van der Waals surface area contributed by atoms with E-state index in [0.29, 0.717) is 6.04 Å². The monoisotopic (exact) mass is 276 g/mol. The first kappa shape index (κ1) is 14.6. The maximum absolute atomic E-state index is 9.03. The zero-order chi connectivity index (χ0) is 14.7. The molecule has 20 heavy (non-hydrogen) atoms. The largest absolute Gasteiger partial charge is 0.409 e. The Morgan fingerprint density at radius 2 is 2.15 bits per heavy atom. The van der Waals surface area contributed by atoms with E-state index in [4.69, 9.17) is 15.9 Å². The summed E-state index contributed by atoms with van der Waals surface area (Å²) in [5.41, 5.74) is 9.00. The summed E-state index contributed by atoms with van der Waals surface area (Å²) in [4.78, 5) is 7.01. The fourth-order valence-electron chi connectivity index (χ4n) is 2.84. The number of hydrogen-bond acceptors (Lipinski definition) is 4. The van der Waals surface area contributed by atoms with E-state index in [2.05, 4.69) is 36.9 Å². The van der Waals surface area contributed by atoms with Gasteiger partial charge >= 0.3 is 0 Å². The molecule has 0 bridgehead atoms. The van der Waals surface area contributed by atoms with Crippen LogP contribution in [0.4, 0.5) is 5.82 Å². The Kier molecular flexibility index (Phi) is 4.47. The fourth-order valence-corrected chi connectivity index (χ4v) is 2.84. The molecule has 1 aliphatic rings. The molecule has 0 unspecified atom stereocenters. The summed E-state index contributed by atoms with van der Waals surface area (Å²) in [5, 5.41) is 12.2. The van der Waals surface area contributed by atoms with Gasteiger partial charge in [-0.1, -0.05) is 5.16 Å². The van der Waals surface area contributed by atoms with Crippen LogP contribution in [-0.4, -0.2) is 28.6 Å². The zero-order valence-electron chi connectivity index (χ0n) is 12.6. The van der Waals surface area contributed by atoms with Crippen LogP contribution in [-0.2, 0) is 12.8 Å². The standard InChI is InChI=1S/C15H24N4O/c1-4-19(10(2)3)15-12(14(16)18-20)9-11-7-5-6-8-13(11)17-15/h9-10,20H,4-8H2,1-3H3,(H2,16,18). The Morgan fingerprint density at radius 3 is 2.75 bits per heavy atom. The Labute approximate surface area is 120 Å². The van der Waals surface area contributed by atoms with E-state index < -0.39 is 0 Å². The molecule has 0 amide bonds. The van der Waals surface area contributed by atoms with Gasteiger partial charge in [0.25, 0.3) is 0 Å². The highest BCUT2D eigenvalue weighted by atomic mass is 16.4. The number of amidine groups is 1. The molecular weight excluding hydrogens is 252 g/mol. The molecule has 0 aliphatic heterocycles. The van der Waals surface area contributed by atoms with Gasteiger partial charge in [-0.3, -0.25) is 0 Å². The normalized spacial score (nSPS) is 15.3. The van der Waals surface area contributed by atoms with E-state index in [0.717, 1.165) is 30.8 Å². The third kappa shape index (κ3) is 2.71. The second kappa shape index (κ2) is 6.11. The third-order valence-electron chi connectivity index (χ3n) is 3.90. The van der Waals surface area contributed by atoms with Gasteiger partial charge in [0.2, 0.25) is 0 Å². The smallest absolute Gasteiger partial charge is 0.173 e. The molecule has 5 heteroatoms. The molecule has 110 valence electrons. The first-order chi connectivity index (χ1) is 9.58. The van der Waals surface area contributed by atoms with Crippen molar-refractivity contribution in [1.82, 2.24) is 4.98 Å². The van der Waals surface area contributed by atoms with E-state index in [1.807, 2.05) is 0 Å². The number of fused-ring (bicyclic) bond motifs is 1. The van der Waals surface area contributed by atoms with Gasteiger partial charge < -0.3 is 15.8 Å². The van der Waals surface area contributed by atoms with Crippen molar-refractivity contribution in [3.63, 3.8) is 0 Å². The summed E-state index contributed by atoms with van der Waals surface area (Å²) in [6, 6.07) is 2.37. The lowest BCUT2D eigenvalue weighted by molar-refractivity contribution is 0.318. The molecule has 0 saturated heterocycles. The Balaban J connectivity index is 2.57. The second-order valence-corrected chi connectivity index (χ2v) is 5.54. The lowest BCUT2D eigenvalue weighted by Crippen LogP contribution is -2.34. The highest BCUT2D eigenvalue weighted by molar-refractivity contribution is 6.01. The number of nitrogens with two attached hydrogens (primary N) is 1. The van der Waals surface area contributed by atoms with E-state index >= 15 is 0 Å². The van der Waals surface area contributed by atoms with Crippen molar-refractivity contribution >= 4 is 11.7 Å². The minimum Gasteiger partial charge on any atom is -0.409 e. The van der Waals surface area contributed by atoms with Crippen molar-refractivity contribution in [3.8, 4) is 0 Å². The second-order valence-electron chi connectivity index (χ2n) is 5.54. The van der Waals surface area contributed by atoms with Crippen molar-refractivity contribution in [3.05, 3.63) is 22.9 Å². The number of aromatic nitrogens is 1. The predicted molar refractivity (Wildman–Crippen MR) is 81.5 cm³/mol. The summed E-state index contributed by atoms with van der Waals surface area (Å²) in [7, 11) is 0. The van der Waals surface area contributed by atoms with Gasteiger partial charge in [0.05, 0.1) is 5.56 Å². The summed E-state index contributed by atoms with van der Waals surface area (Å²) < 4.78 is 0. The van der Waals surface area contributed by atoms with Crippen molar-refractivity contribution in [2.24, 2.45) is 10.9 Å². The van der Waals surface area contributed by atoms with Crippen LogP contribution in [0.25, 0.3) is 0 Å². The van der Waals surface area contributed by atoms with Crippen LogP contribution in [0.15, 0.2) is 11.2 Å². The third-order valence-corrected chi connectivity index (χ3v) is 3.90. The van der Waals surface area contributed by atoms with Gasteiger partial charge in [0.15, 0.2) is 5.84 Å². The van der Waals surface area contributed by atoms with Crippen molar-refractivity contribution in [2.45, 2.75) is 52.5 Å². The van der Waals surface area contributed by atoms with E-state index in [9.17, 15) is 0 Å². The number of pyridine rings is 1. The molecule has 3 N–H and O–H groups in total. The van der Waals surface area contributed by atoms with Crippen molar-refractivity contribution in [1.29, 1.82) is 0 Å². The summed E-state index contributed by atoms with van der Waals surface area (Å²) in [6.07, 6.45) is 4.43. The molecule has 1 aliphatic carbocycles. The number of nitrogens with zero attached hydrogens (tertiary/aromatic N) is 3. The zero-order valence-corrected chi connectivity index (χ0v) is 12.6. The highest BCUT2D eigenvalue weighted by Gasteiger charge is 2.21. The van der Waals surface area contributed by atoms with Gasteiger partial charge in [-0.25, -0.2) is 4.98 Å². The predicted octanol–water partition coefficient (Wildman–Crippen LogP) is 2.29. The van der Waals surface area contributed by atoms with Crippen LogP contribution < -0.4 is 10.6 Å². The first-order valence-corrected chi connectivity index (χ1v) is 7.35. The quantitative estimate of drug-likeness (QED) is 0.383. The van der Waals surface area contributed by atoms with Gasteiger partial charge in [-0.2, -0.15) is 0 Å². The lowest BCUT2D eigenvalue weighted by atomic mass is 9.94. The molecule has 0 atom stereocenters. The van der Waals surface area contributed by atoms with Crippen molar-refractivity contribution in [2.75, 3.05) is 11.4 Å². The van der Waals surface area contributed by atoms with Gasteiger partial charge in [0.1, 0.15) is 5.82 Å². The minimum absolute atomic E-state index is 0.139. The highest BCUT2D eigenvalue weighted by Crippen LogP contribution is 2.27. The summed E-state index contributed by atoms with van der Waals surface area (Å²) in [6.45, 7) is 7.19. The Morgan fingerprint density at radius 1 is 1.45 bits per heavy atom. The maximum atomic E-state index is 9.03. The topological polar surface area (TPSA) is 74.7 Å². The molecule has 0 aromatic carbocycles. The van der Waals surface area contributed by atoms with E-state index in [1.165, 1.54) is 24.1 Å². The van der Waals surface area contributed by atoms with Gasteiger partial charge in [0, 0.05) is 18.3 Å². The molecule has 0 fully saturated rings. The van der Waals surface area contributed by atoms with Crippen LogP contribution in [0.1, 0.15) is 50.4 Å². The van der Waals surface area contributed by atoms with E-state index in [-0.39, 0.29) is 5.84 Å². The summed E-state index contributed by atoms with van der Waals surface area (Å²) >= 11 is 0. The molecule has 1 heterocycles. The molecule has 1 aromatic rings. The van der Waals surface area contributed by atoms with Crippen LogP contribution in [0.5, 0.6) is 0 Å². The molecule has 0 radical (unpaired) electrons. The molecule has 2 rings (SSSR count). The fraction of sp³-hybridized carbons (Fsp3) is 0.600. The minimum atomic E-state index is 0.139. The SMILES string of the molecule is CCN(c1nc2c(cc1C(N)=NO)CCCC2)C(C)C. The van der Waals surface area contributed by atoms with Crippen LogP contribution in [0.3, 0.4) is 0 Å². The van der Waals surface area contributed by atoms with Crippen LogP contribution in [0.2, 0.25) is 0 Å². The van der Waals surface area contributed by atoms with E-state index in [1.54, 1.807) is 0 Å². The van der Waals surface area contributed by atoms with Gasteiger partial charge in [-0.15, -0.1) is 0 Å².